The van der Waals surface area contributed by atoms with Gasteiger partial charge in [0.15, 0.2) is 0 Å². The van der Waals surface area contributed by atoms with Gasteiger partial charge >= 0.3 is 0 Å². The van der Waals surface area contributed by atoms with Crippen LogP contribution >= 0.6 is 0 Å². The van der Waals surface area contributed by atoms with Crippen LogP contribution in [-0.2, 0) is 6.42 Å². The van der Waals surface area contributed by atoms with Gasteiger partial charge < -0.3 is 0 Å². The van der Waals surface area contributed by atoms with Gasteiger partial charge in [-0.3, -0.25) is 0 Å². The summed E-state index contributed by atoms with van der Waals surface area (Å²) < 4.78 is 0. The van der Waals surface area contributed by atoms with Gasteiger partial charge in [-0.2, -0.15) is 0 Å². The number of unbranched alkanes of at least 4 members (excludes halogenated alkanes) is 1. The lowest BCUT2D eigenvalue weighted by Gasteiger charge is -2.04. The van der Waals surface area contributed by atoms with Crippen LogP contribution < -0.4 is 0 Å². The highest BCUT2D eigenvalue weighted by atomic mass is 14.0. The van der Waals surface area contributed by atoms with Crippen LogP contribution in [0.3, 0.4) is 0 Å². The fraction of sp³-hybridized carbons (Fsp3) is 0.467. The molecule has 1 aromatic carbocycles. The summed E-state index contributed by atoms with van der Waals surface area (Å²) in [5.41, 5.74) is 4.18. The molecule has 0 saturated heterocycles. The van der Waals surface area contributed by atoms with Gasteiger partial charge in [0.1, 0.15) is 0 Å². The van der Waals surface area contributed by atoms with Gasteiger partial charge in [-0.05, 0) is 37.8 Å². The second-order valence-corrected chi connectivity index (χ2v) is 4.03. The minimum absolute atomic E-state index is 0.990. The average Bonchev–Trinajstić information content (AvgIpc) is 2.23. The van der Waals surface area contributed by atoms with E-state index in [1.165, 1.54) is 16.7 Å². The van der Waals surface area contributed by atoms with E-state index in [1.54, 1.807) is 0 Å². The van der Waals surface area contributed by atoms with Crippen molar-refractivity contribution in [3.05, 3.63) is 34.9 Å². The zero-order chi connectivity index (χ0) is 11.1. The molecule has 0 aromatic heterocycles. The third-order valence-electron chi connectivity index (χ3n) is 2.52. The fourth-order valence-corrected chi connectivity index (χ4v) is 1.57. The maximum Gasteiger partial charge on any atom is 0.0129 e. The molecule has 80 valence electrons. The molecule has 0 spiro atoms. The van der Waals surface area contributed by atoms with Crippen LogP contribution in [0.1, 0.15) is 42.9 Å². The molecular formula is C15H20. The van der Waals surface area contributed by atoms with E-state index in [2.05, 4.69) is 50.8 Å². The van der Waals surface area contributed by atoms with Gasteiger partial charge in [0.05, 0.1) is 0 Å². The van der Waals surface area contributed by atoms with E-state index in [1.807, 2.05) is 0 Å². The first-order chi connectivity index (χ1) is 7.24. The molecule has 0 bridgehead atoms. The third-order valence-corrected chi connectivity index (χ3v) is 2.52. The molecule has 0 amide bonds. The van der Waals surface area contributed by atoms with Crippen molar-refractivity contribution < 1.29 is 0 Å². The van der Waals surface area contributed by atoms with E-state index >= 15 is 0 Å². The Morgan fingerprint density at radius 3 is 2.53 bits per heavy atom. The van der Waals surface area contributed by atoms with E-state index in [-0.39, 0.29) is 0 Å². The number of hydrogen-bond acceptors (Lipinski definition) is 0. The van der Waals surface area contributed by atoms with Crippen molar-refractivity contribution >= 4 is 0 Å². The predicted molar refractivity (Wildman–Crippen MR) is 66.9 cm³/mol. The molecule has 0 aliphatic carbocycles. The first kappa shape index (κ1) is 11.9. The summed E-state index contributed by atoms with van der Waals surface area (Å²) in [7, 11) is 0. The Bertz CT molecular complexity index is 363. The standard InChI is InChI=1S/C15H20/c1-4-5-6-7-8-9-15-12-13(2)10-11-14(15)3/h10-12H,4-5,8-9H2,1-3H3. The third kappa shape index (κ3) is 4.21. The molecule has 1 rings (SSSR count). The number of aryl methyl sites for hydroxylation is 3. The van der Waals surface area contributed by atoms with E-state index in [4.69, 9.17) is 0 Å². The Balaban J connectivity index is 2.51. The summed E-state index contributed by atoms with van der Waals surface area (Å²) in [4.78, 5) is 0. The second kappa shape index (κ2) is 6.30. The first-order valence-electron chi connectivity index (χ1n) is 5.76. The molecule has 0 nitrogen and oxygen atoms in total. The van der Waals surface area contributed by atoms with Crippen LogP contribution in [0.2, 0.25) is 0 Å². The monoisotopic (exact) mass is 200 g/mol. The second-order valence-electron chi connectivity index (χ2n) is 4.03. The molecule has 15 heavy (non-hydrogen) atoms. The van der Waals surface area contributed by atoms with Gasteiger partial charge in [0.25, 0.3) is 0 Å². The molecule has 0 fully saturated rings. The van der Waals surface area contributed by atoms with E-state index in [0.717, 1.165) is 25.7 Å². The molecular weight excluding hydrogens is 180 g/mol. The largest absolute Gasteiger partial charge is 0.103 e. The van der Waals surface area contributed by atoms with E-state index < -0.39 is 0 Å². The average molecular weight is 200 g/mol. The fourth-order valence-electron chi connectivity index (χ4n) is 1.57. The van der Waals surface area contributed by atoms with Crippen molar-refractivity contribution in [2.45, 2.75) is 46.5 Å². The highest BCUT2D eigenvalue weighted by molar-refractivity contribution is 5.31. The Kier molecular flexibility index (Phi) is 4.98. The maximum atomic E-state index is 3.23. The highest BCUT2D eigenvalue weighted by Gasteiger charge is 1.96. The molecule has 0 heteroatoms. The molecule has 0 aliphatic rings. The van der Waals surface area contributed by atoms with Gasteiger partial charge in [-0.15, -0.1) is 11.8 Å². The van der Waals surface area contributed by atoms with Crippen molar-refractivity contribution in [2.24, 2.45) is 0 Å². The lowest BCUT2D eigenvalue weighted by Crippen LogP contribution is -1.89. The summed E-state index contributed by atoms with van der Waals surface area (Å²) in [5.74, 6) is 6.42. The summed E-state index contributed by atoms with van der Waals surface area (Å²) in [6.45, 7) is 6.49. The summed E-state index contributed by atoms with van der Waals surface area (Å²) in [6.07, 6.45) is 4.28. The Morgan fingerprint density at radius 2 is 1.80 bits per heavy atom. The number of benzene rings is 1. The molecule has 0 heterocycles. The summed E-state index contributed by atoms with van der Waals surface area (Å²) in [5, 5.41) is 0. The van der Waals surface area contributed by atoms with Crippen LogP contribution in [0, 0.1) is 25.7 Å². The topological polar surface area (TPSA) is 0 Å². The molecule has 0 atom stereocenters. The Hall–Kier alpha value is -1.22. The van der Waals surface area contributed by atoms with Crippen molar-refractivity contribution in [2.75, 3.05) is 0 Å². The molecule has 0 unspecified atom stereocenters. The van der Waals surface area contributed by atoms with Gasteiger partial charge in [-0.1, -0.05) is 30.7 Å². The number of rotatable bonds is 3. The molecule has 0 aliphatic heterocycles. The molecule has 0 N–H and O–H groups in total. The number of hydrogen-bond donors (Lipinski definition) is 0. The maximum absolute atomic E-state index is 3.23. The smallest absolute Gasteiger partial charge is 0.0129 e. The van der Waals surface area contributed by atoms with Crippen LogP contribution in [0.4, 0.5) is 0 Å². The molecule has 0 radical (unpaired) electrons. The lowest BCUT2D eigenvalue weighted by atomic mass is 10.0. The van der Waals surface area contributed by atoms with Crippen molar-refractivity contribution in [3.63, 3.8) is 0 Å². The van der Waals surface area contributed by atoms with Crippen molar-refractivity contribution in [1.29, 1.82) is 0 Å². The van der Waals surface area contributed by atoms with Gasteiger partial charge in [0.2, 0.25) is 0 Å². The van der Waals surface area contributed by atoms with Crippen LogP contribution in [0.5, 0.6) is 0 Å². The minimum atomic E-state index is 0.990. The van der Waals surface area contributed by atoms with Crippen molar-refractivity contribution in [3.8, 4) is 11.8 Å². The molecule has 0 saturated carbocycles. The quantitative estimate of drug-likeness (QED) is 0.646. The Labute approximate surface area is 93.7 Å². The zero-order valence-corrected chi connectivity index (χ0v) is 10.1. The van der Waals surface area contributed by atoms with E-state index in [9.17, 15) is 0 Å². The molecule has 1 aromatic rings. The van der Waals surface area contributed by atoms with E-state index in [0.29, 0.717) is 0 Å². The van der Waals surface area contributed by atoms with Crippen LogP contribution in [-0.4, -0.2) is 0 Å². The SMILES string of the molecule is CCCC#CCCc1cc(C)ccc1C. The van der Waals surface area contributed by atoms with Crippen LogP contribution in [0.15, 0.2) is 18.2 Å². The Morgan fingerprint density at radius 1 is 1.07 bits per heavy atom. The lowest BCUT2D eigenvalue weighted by molar-refractivity contribution is 0.970. The first-order valence-corrected chi connectivity index (χ1v) is 5.76. The van der Waals surface area contributed by atoms with Gasteiger partial charge in [-0.25, -0.2) is 0 Å². The minimum Gasteiger partial charge on any atom is -0.103 e. The van der Waals surface area contributed by atoms with Crippen LogP contribution in [0.25, 0.3) is 0 Å². The highest BCUT2D eigenvalue weighted by Crippen LogP contribution is 2.12. The summed E-state index contributed by atoms with van der Waals surface area (Å²) >= 11 is 0. The zero-order valence-electron chi connectivity index (χ0n) is 10.1. The summed E-state index contributed by atoms with van der Waals surface area (Å²) in [6, 6.07) is 6.64. The van der Waals surface area contributed by atoms with Crippen molar-refractivity contribution in [1.82, 2.24) is 0 Å². The normalized spacial score (nSPS) is 9.53. The predicted octanol–water partition coefficient (Wildman–Crippen LogP) is 4.04. The van der Waals surface area contributed by atoms with Gasteiger partial charge in [0, 0.05) is 12.8 Å².